The highest BCUT2D eigenvalue weighted by Gasteiger charge is 2.21. The molecule has 1 N–H and O–H groups in total. The number of hydrogen-bond acceptors (Lipinski definition) is 5. The zero-order chi connectivity index (χ0) is 23.4. The zero-order valence-corrected chi connectivity index (χ0v) is 19.1. The highest BCUT2D eigenvalue weighted by Crippen LogP contribution is 2.29. The van der Waals surface area contributed by atoms with Gasteiger partial charge in [0.1, 0.15) is 17.2 Å². The first-order valence-corrected chi connectivity index (χ1v) is 11.1. The standard InChI is InChI=1S/C25H28N4O4/c1-4-17(2)32-21-14-19(24(30)26-23-10-13-28(3)27-23)15-22(16-21)33-20-8-6-18(7-9-20)25(31)29-11-5-12-29/h6-10,13-17H,4-5,11-12H2,1-3H3,(H,26,27,30)/t17-/m0/s1. The minimum Gasteiger partial charge on any atom is -0.491 e. The van der Waals surface area contributed by atoms with E-state index in [2.05, 4.69) is 10.4 Å². The maximum atomic E-state index is 12.8. The molecular formula is C25H28N4O4. The quantitative estimate of drug-likeness (QED) is 0.549. The van der Waals surface area contributed by atoms with Gasteiger partial charge in [-0.3, -0.25) is 14.3 Å². The van der Waals surface area contributed by atoms with Crippen molar-refractivity contribution in [1.82, 2.24) is 14.7 Å². The summed E-state index contributed by atoms with van der Waals surface area (Å²) in [7, 11) is 1.78. The predicted octanol–water partition coefficient (Wildman–Crippen LogP) is 4.49. The Bertz CT molecular complexity index is 1140. The van der Waals surface area contributed by atoms with Crippen LogP contribution in [0.25, 0.3) is 0 Å². The van der Waals surface area contributed by atoms with Crippen molar-refractivity contribution >= 4 is 17.6 Å². The van der Waals surface area contributed by atoms with Crippen LogP contribution in [-0.2, 0) is 7.05 Å². The van der Waals surface area contributed by atoms with E-state index in [0.29, 0.717) is 34.2 Å². The van der Waals surface area contributed by atoms with Crippen molar-refractivity contribution in [2.45, 2.75) is 32.8 Å². The van der Waals surface area contributed by atoms with Gasteiger partial charge < -0.3 is 19.7 Å². The number of hydrogen-bond donors (Lipinski definition) is 1. The van der Waals surface area contributed by atoms with Crippen molar-refractivity contribution < 1.29 is 19.1 Å². The maximum absolute atomic E-state index is 12.8. The number of rotatable bonds is 8. The van der Waals surface area contributed by atoms with Crippen LogP contribution in [0.15, 0.2) is 54.7 Å². The molecule has 2 aromatic carbocycles. The van der Waals surface area contributed by atoms with E-state index in [9.17, 15) is 9.59 Å². The first kappa shape index (κ1) is 22.4. The van der Waals surface area contributed by atoms with Crippen LogP contribution in [0, 0.1) is 0 Å². The molecule has 33 heavy (non-hydrogen) atoms. The fourth-order valence-electron chi connectivity index (χ4n) is 3.32. The topological polar surface area (TPSA) is 85.7 Å². The van der Waals surface area contributed by atoms with Crippen molar-refractivity contribution in [2.75, 3.05) is 18.4 Å². The lowest BCUT2D eigenvalue weighted by Gasteiger charge is -2.30. The monoisotopic (exact) mass is 448 g/mol. The van der Waals surface area contributed by atoms with E-state index < -0.39 is 0 Å². The summed E-state index contributed by atoms with van der Waals surface area (Å²) < 4.78 is 13.6. The summed E-state index contributed by atoms with van der Waals surface area (Å²) in [6.07, 6.45) is 3.62. The number of amides is 2. The van der Waals surface area contributed by atoms with Crippen LogP contribution in [0.1, 0.15) is 47.4 Å². The number of aryl methyl sites for hydroxylation is 1. The van der Waals surface area contributed by atoms with Crippen LogP contribution in [0.5, 0.6) is 17.2 Å². The second-order valence-electron chi connectivity index (χ2n) is 8.13. The van der Waals surface area contributed by atoms with Gasteiger partial charge in [-0.05, 0) is 56.2 Å². The highest BCUT2D eigenvalue weighted by atomic mass is 16.5. The van der Waals surface area contributed by atoms with Crippen LogP contribution in [0.2, 0.25) is 0 Å². The van der Waals surface area contributed by atoms with Crippen molar-refractivity contribution in [3.05, 3.63) is 65.9 Å². The normalized spacial score (nSPS) is 13.7. The molecule has 172 valence electrons. The number of aromatic nitrogens is 2. The molecular weight excluding hydrogens is 420 g/mol. The van der Waals surface area contributed by atoms with E-state index in [1.54, 1.807) is 66.5 Å². The Morgan fingerprint density at radius 2 is 1.76 bits per heavy atom. The van der Waals surface area contributed by atoms with Gasteiger partial charge in [0.2, 0.25) is 0 Å². The van der Waals surface area contributed by atoms with E-state index in [-0.39, 0.29) is 17.9 Å². The lowest BCUT2D eigenvalue weighted by molar-refractivity contribution is 0.0651. The lowest BCUT2D eigenvalue weighted by atomic mass is 10.1. The summed E-state index contributed by atoms with van der Waals surface area (Å²) in [6, 6.07) is 13.8. The third-order valence-corrected chi connectivity index (χ3v) is 5.49. The number of benzene rings is 2. The van der Waals surface area contributed by atoms with Gasteiger partial charge >= 0.3 is 0 Å². The summed E-state index contributed by atoms with van der Waals surface area (Å²) in [5.74, 6) is 1.74. The number of nitrogens with zero attached hydrogens (tertiary/aromatic N) is 3. The Kier molecular flexibility index (Phi) is 6.63. The second kappa shape index (κ2) is 9.77. The van der Waals surface area contributed by atoms with Crippen molar-refractivity contribution in [2.24, 2.45) is 7.05 Å². The van der Waals surface area contributed by atoms with Gasteiger partial charge in [0, 0.05) is 49.6 Å². The van der Waals surface area contributed by atoms with Crippen molar-refractivity contribution in [1.29, 1.82) is 0 Å². The second-order valence-corrected chi connectivity index (χ2v) is 8.13. The molecule has 0 saturated carbocycles. The molecule has 1 fully saturated rings. The van der Waals surface area contributed by atoms with Crippen LogP contribution in [-0.4, -0.2) is 45.7 Å². The average molecular weight is 449 g/mol. The zero-order valence-electron chi connectivity index (χ0n) is 19.1. The largest absolute Gasteiger partial charge is 0.491 e. The Morgan fingerprint density at radius 3 is 2.36 bits per heavy atom. The first-order chi connectivity index (χ1) is 15.9. The molecule has 2 heterocycles. The molecule has 0 unspecified atom stereocenters. The summed E-state index contributed by atoms with van der Waals surface area (Å²) in [6.45, 7) is 5.62. The van der Waals surface area contributed by atoms with E-state index in [1.165, 1.54) is 0 Å². The number of carbonyl (C=O) groups is 2. The molecule has 1 aliphatic heterocycles. The lowest BCUT2D eigenvalue weighted by Crippen LogP contribution is -2.41. The average Bonchev–Trinajstić information content (AvgIpc) is 3.17. The molecule has 2 amide bonds. The molecule has 1 aliphatic rings. The van der Waals surface area contributed by atoms with E-state index in [1.807, 2.05) is 18.7 Å². The molecule has 8 heteroatoms. The van der Waals surface area contributed by atoms with Crippen LogP contribution >= 0.6 is 0 Å². The predicted molar refractivity (Wildman–Crippen MR) is 125 cm³/mol. The molecule has 8 nitrogen and oxygen atoms in total. The Labute approximate surface area is 193 Å². The van der Waals surface area contributed by atoms with Crippen molar-refractivity contribution in [3.8, 4) is 17.2 Å². The molecule has 1 atom stereocenters. The summed E-state index contributed by atoms with van der Waals surface area (Å²) in [5.41, 5.74) is 1.02. The molecule has 4 rings (SSSR count). The molecule has 0 spiro atoms. The molecule has 0 aliphatic carbocycles. The van der Waals surface area contributed by atoms with Gasteiger partial charge in [0.15, 0.2) is 5.82 Å². The van der Waals surface area contributed by atoms with Gasteiger partial charge in [0.25, 0.3) is 11.8 Å². The van der Waals surface area contributed by atoms with Gasteiger partial charge in [-0.1, -0.05) is 6.92 Å². The summed E-state index contributed by atoms with van der Waals surface area (Å²) in [4.78, 5) is 27.0. The van der Waals surface area contributed by atoms with E-state index >= 15 is 0 Å². The highest BCUT2D eigenvalue weighted by molar-refractivity contribution is 6.04. The smallest absolute Gasteiger partial charge is 0.257 e. The maximum Gasteiger partial charge on any atom is 0.257 e. The molecule has 1 aromatic heterocycles. The minimum atomic E-state index is -0.316. The summed E-state index contributed by atoms with van der Waals surface area (Å²) in [5, 5.41) is 6.97. The van der Waals surface area contributed by atoms with E-state index in [0.717, 1.165) is 25.9 Å². The number of nitrogens with one attached hydrogen (secondary N) is 1. The number of carbonyl (C=O) groups excluding carboxylic acids is 2. The fourth-order valence-corrected chi connectivity index (χ4v) is 3.32. The SMILES string of the molecule is CC[C@H](C)Oc1cc(Oc2ccc(C(=O)N3CCC3)cc2)cc(C(=O)Nc2ccn(C)n2)c1. The Morgan fingerprint density at radius 1 is 1.03 bits per heavy atom. The molecule has 1 saturated heterocycles. The van der Waals surface area contributed by atoms with Gasteiger partial charge in [0.05, 0.1) is 6.10 Å². The molecule has 0 bridgehead atoms. The summed E-state index contributed by atoms with van der Waals surface area (Å²) >= 11 is 0. The van der Waals surface area contributed by atoms with E-state index in [4.69, 9.17) is 9.47 Å². The minimum absolute atomic E-state index is 0.0150. The number of ether oxygens (including phenoxy) is 2. The Hall–Kier alpha value is -3.81. The van der Waals surface area contributed by atoms with Gasteiger partial charge in [-0.2, -0.15) is 5.10 Å². The number of anilines is 1. The van der Waals surface area contributed by atoms with Gasteiger partial charge in [-0.15, -0.1) is 0 Å². The first-order valence-electron chi connectivity index (χ1n) is 11.1. The fraction of sp³-hybridized carbons (Fsp3) is 0.320. The Balaban J connectivity index is 1.54. The molecule has 0 radical (unpaired) electrons. The third kappa shape index (κ3) is 5.52. The van der Waals surface area contributed by atoms with Crippen LogP contribution in [0.4, 0.5) is 5.82 Å². The third-order valence-electron chi connectivity index (χ3n) is 5.49. The van der Waals surface area contributed by atoms with Crippen LogP contribution in [0.3, 0.4) is 0 Å². The molecule has 3 aromatic rings. The van der Waals surface area contributed by atoms with Crippen molar-refractivity contribution in [3.63, 3.8) is 0 Å². The van der Waals surface area contributed by atoms with Gasteiger partial charge in [-0.25, -0.2) is 0 Å². The number of likely N-dealkylation sites (tertiary alicyclic amines) is 1. The van der Waals surface area contributed by atoms with Crippen LogP contribution < -0.4 is 14.8 Å².